The summed E-state index contributed by atoms with van der Waals surface area (Å²) in [7, 11) is 1.53. The third-order valence-corrected chi connectivity index (χ3v) is 2.13. The lowest BCUT2D eigenvalue weighted by molar-refractivity contribution is 0.0682. The van der Waals surface area contributed by atoms with Crippen molar-refractivity contribution in [2.24, 2.45) is 0 Å². The van der Waals surface area contributed by atoms with Gasteiger partial charge < -0.3 is 9.84 Å². The van der Waals surface area contributed by atoms with Gasteiger partial charge in [-0.25, -0.2) is 9.78 Å². The molecule has 0 amide bonds. The third kappa shape index (κ3) is 2.20. The molecule has 2 rings (SSSR count). The zero-order chi connectivity index (χ0) is 12.3. The molecule has 0 aliphatic carbocycles. The highest BCUT2D eigenvalue weighted by molar-refractivity contribution is 5.83. The molecule has 0 unspecified atom stereocenters. The molecule has 0 spiro atoms. The van der Waals surface area contributed by atoms with E-state index in [0.717, 1.165) is 0 Å². The van der Waals surface area contributed by atoms with E-state index in [1.165, 1.54) is 13.3 Å². The Morgan fingerprint density at radius 2 is 2.12 bits per heavy atom. The maximum atomic E-state index is 10.7. The average Bonchev–Trinajstić information content (AvgIpc) is 2.39. The SMILES string of the molecule is COc1ccccc1-c1cnnc(C(=O)O)n1. The number of nitrogens with zero attached hydrogens (tertiary/aromatic N) is 3. The van der Waals surface area contributed by atoms with Crippen molar-refractivity contribution in [3.63, 3.8) is 0 Å². The summed E-state index contributed by atoms with van der Waals surface area (Å²) in [4.78, 5) is 14.6. The van der Waals surface area contributed by atoms with Gasteiger partial charge in [-0.05, 0) is 12.1 Å². The molecule has 1 aromatic heterocycles. The Kier molecular flexibility index (Phi) is 2.95. The topological polar surface area (TPSA) is 85.2 Å². The van der Waals surface area contributed by atoms with Gasteiger partial charge in [-0.15, -0.1) is 5.10 Å². The molecule has 1 heterocycles. The van der Waals surface area contributed by atoms with Crippen LogP contribution in [0.3, 0.4) is 0 Å². The Morgan fingerprint density at radius 1 is 1.35 bits per heavy atom. The maximum Gasteiger partial charge on any atom is 0.375 e. The van der Waals surface area contributed by atoms with Gasteiger partial charge in [0.25, 0.3) is 5.82 Å². The number of hydrogen-bond acceptors (Lipinski definition) is 5. The first kappa shape index (κ1) is 11.0. The van der Waals surface area contributed by atoms with E-state index < -0.39 is 5.97 Å². The fraction of sp³-hybridized carbons (Fsp3) is 0.0909. The molecule has 0 fully saturated rings. The fourth-order valence-electron chi connectivity index (χ4n) is 1.38. The van der Waals surface area contributed by atoms with Crippen LogP contribution < -0.4 is 4.74 Å². The van der Waals surface area contributed by atoms with Gasteiger partial charge in [0.1, 0.15) is 5.75 Å². The average molecular weight is 231 g/mol. The van der Waals surface area contributed by atoms with Crippen LogP contribution in [0, 0.1) is 0 Å². The highest BCUT2D eigenvalue weighted by Crippen LogP contribution is 2.27. The van der Waals surface area contributed by atoms with Crippen molar-refractivity contribution in [2.45, 2.75) is 0 Å². The molecule has 17 heavy (non-hydrogen) atoms. The molecule has 6 nitrogen and oxygen atoms in total. The molecular weight excluding hydrogens is 222 g/mol. The van der Waals surface area contributed by atoms with Crippen LogP contribution in [0.2, 0.25) is 0 Å². The lowest BCUT2D eigenvalue weighted by Crippen LogP contribution is -2.06. The number of aromatic nitrogens is 3. The number of rotatable bonds is 3. The fourth-order valence-corrected chi connectivity index (χ4v) is 1.38. The van der Waals surface area contributed by atoms with Crippen molar-refractivity contribution >= 4 is 5.97 Å². The minimum absolute atomic E-state index is 0.339. The van der Waals surface area contributed by atoms with Crippen LogP contribution in [0.1, 0.15) is 10.6 Å². The van der Waals surface area contributed by atoms with Crippen LogP contribution in [-0.4, -0.2) is 33.4 Å². The van der Waals surface area contributed by atoms with Gasteiger partial charge in [-0.2, -0.15) is 5.10 Å². The van der Waals surface area contributed by atoms with E-state index >= 15 is 0 Å². The second kappa shape index (κ2) is 4.56. The highest BCUT2D eigenvalue weighted by Gasteiger charge is 2.12. The van der Waals surface area contributed by atoms with Gasteiger partial charge in [0.15, 0.2) is 0 Å². The molecule has 1 N–H and O–H groups in total. The molecule has 0 aliphatic rings. The van der Waals surface area contributed by atoms with E-state index in [2.05, 4.69) is 15.2 Å². The predicted molar refractivity (Wildman–Crippen MR) is 58.8 cm³/mol. The molecule has 0 radical (unpaired) electrons. The number of hydrogen-bond donors (Lipinski definition) is 1. The Hall–Kier alpha value is -2.50. The van der Waals surface area contributed by atoms with E-state index in [1.54, 1.807) is 18.2 Å². The van der Waals surface area contributed by atoms with E-state index in [4.69, 9.17) is 9.84 Å². The van der Waals surface area contributed by atoms with Gasteiger partial charge in [-0.1, -0.05) is 12.1 Å². The van der Waals surface area contributed by atoms with E-state index in [-0.39, 0.29) is 5.82 Å². The summed E-state index contributed by atoms with van der Waals surface area (Å²) in [5.74, 6) is -0.952. The predicted octanol–water partition coefficient (Wildman–Crippen LogP) is 1.25. The van der Waals surface area contributed by atoms with Crippen molar-refractivity contribution in [2.75, 3.05) is 7.11 Å². The number of ether oxygens (including phenoxy) is 1. The van der Waals surface area contributed by atoms with Crippen LogP contribution in [0.25, 0.3) is 11.3 Å². The number of benzene rings is 1. The molecule has 0 atom stereocenters. The van der Waals surface area contributed by atoms with Crippen molar-refractivity contribution in [1.82, 2.24) is 15.2 Å². The van der Waals surface area contributed by atoms with Crippen LogP contribution >= 0.6 is 0 Å². The van der Waals surface area contributed by atoms with E-state index in [9.17, 15) is 4.79 Å². The van der Waals surface area contributed by atoms with Crippen LogP contribution in [0.5, 0.6) is 5.75 Å². The molecular formula is C11H9N3O3. The summed E-state index contributed by atoms with van der Waals surface area (Å²) in [6.07, 6.45) is 1.39. The quantitative estimate of drug-likeness (QED) is 0.855. The van der Waals surface area contributed by atoms with Crippen molar-refractivity contribution in [3.8, 4) is 17.0 Å². The molecule has 6 heteroatoms. The number of carboxylic acids is 1. The Morgan fingerprint density at radius 3 is 2.82 bits per heavy atom. The number of aromatic carboxylic acids is 1. The molecule has 86 valence electrons. The smallest absolute Gasteiger partial charge is 0.375 e. The summed E-state index contributed by atoms with van der Waals surface area (Å²) in [5, 5.41) is 15.8. The first-order valence-corrected chi connectivity index (χ1v) is 4.79. The molecule has 0 saturated heterocycles. The molecule has 0 saturated carbocycles. The van der Waals surface area contributed by atoms with Crippen LogP contribution in [-0.2, 0) is 0 Å². The van der Waals surface area contributed by atoms with Crippen LogP contribution in [0.4, 0.5) is 0 Å². The second-order valence-corrected chi connectivity index (χ2v) is 3.17. The minimum Gasteiger partial charge on any atom is -0.496 e. The van der Waals surface area contributed by atoms with Crippen molar-refractivity contribution < 1.29 is 14.6 Å². The molecule has 0 bridgehead atoms. The maximum absolute atomic E-state index is 10.7. The van der Waals surface area contributed by atoms with Gasteiger partial charge >= 0.3 is 5.97 Å². The zero-order valence-electron chi connectivity index (χ0n) is 8.99. The Balaban J connectivity index is 2.52. The van der Waals surface area contributed by atoms with Crippen molar-refractivity contribution in [3.05, 3.63) is 36.3 Å². The summed E-state index contributed by atoms with van der Waals surface area (Å²) >= 11 is 0. The lowest BCUT2D eigenvalue weighted by atomic mass is 10.1. The number of methoxy groups -OCH3 is 1. The Bertz CT molecular complexity index is 557. The summed E-state index contributed by atoms with van der Waals surface area (Å²) < 4.78 is 5.16. The first-order chi connectivity index (χ1) is 8.22. The first-order valence-electron chi connectivity index (χ1n) is 4.79. The monoisotopic (exact) mass is 231 g/mol. The highest BCUT2D eigenvalue weighted by atomic mass is 16.5. The number of carbonyl (C=O) groups is 1. The molecule has 0 aliphatic heterocycles. The van der Waals surface area contributed by atoms with Gasteiger partial charge in [0.2, 0.25) is 0 Å². The van der Waals surface area contributed by atoms with Gasteiger partial charge in [0.05, 0.1) is 19.0 Å². The molecule has 1 aromatic carbocycles. The largest absolute Gasteiger partial charge is 0.496 e. The van der Waals surface area contributed by atoms with E-state index in [0.29, 0.717) is 17.0 Å². The lowest BCUT2D eigenvalue weighted by Gasteiger charge is -2.06. The van der Waals surface area contributed by atoms with Crippen LogP contribution in [0.15, 0.2) is 30.5 Å². The number of para-hydroxylation sites is 1. The van der Waals surface area contributed by atoms with E-state index in [1.807, 2.05) is 6.07 Å². The van der Waals surface area contributed by atoms with Gasteiger partial charge in [-0.3, -0.25) is 0 Å². The van der Waals surface area contributed by atoms with Gasteiger partial charge in [0, 0.05) is 5.56 Å². The third-order valence-electron chi connectivity index (χ3n) is 2.13. The summed E-state index contributed by atoms with van der Waals surface area (Å²) in [5.41, 5.74) is 1.09. The Labute approximate surface area is 96.9 Å². The second-order valence-electron chi connectivity index (χ2n) is 3.17. The standard InChI is InChI=1S/C11H9N3O3/c1-17-9-5-3-2-4-7(9)8-6-12-14-10(13-8)11(15)16/h2-6H,1H3,(H,15,16). The minimum atomic E-state index is -1.21. The van der Waals surface area contributed by atoms with Crippen molar-refractivity contribution in [1.29, 1.82) is 0 Å². The summed E-state index contributed by atoms with van der Waals surface area (Å²) in [6, 6.07) is 7.15. The number of carboxylic acid groups (broad SMARTS) is 1. The normalized spacial score (nSPS) is 9.94. The zero-order valence-corrected chi connectivity index (χ0v) is 8.99. The summed E-state index contributed by atoms with van der Waals surface area (Å²) in [6.45, 7) is 0. The molecule has 2 aromatic rings.